The molecule has 1 aliphatic rings. The fourth-order valence-electron chi connectivity index (χ4n) is 1.96. The molecular weight excluding hydrogens is 188 g/mol. The van der Waals surface area contributed by atoms with E-state index in [1.54, 1.807) is 0 Å². The number of fused-ring (bicyclic) bond motifs is 1. The zero-order valence-electron chi connectivity index (χ0n) is 9.20. The van der Waals surface area contributed by atoms with Crippen molar-refractivity contribution in [3.8, 4) is 5.75 Å². The van der Waals surface area contributed by atoms with Crippen LogP contribution in [0.15, 0.2) is 18.2 Å². The van der Waals surface area contributed by atoms with Gasteiger partial charge in [-0.15, -0.1) is 0 Å². The van der Waals surface area contributed by atoms with E-state index in [-0.39, 0.29) is 6.10 Å². The number of aliphatic hydroxyl groups is 1. The van der Waals surface area contributed by atoms with Crippen LogP contribution in [0.2, 0.25) is 0 Å². The highest BCUT2D eigenvalue weighted by Crippen LogP contribution is 2.32. The third kappa shape index (κ3) is 2.32. The van der Waals surface area contributed by atoms with Crippen molar-refractivity contribution < 1.29 is 9.84 Å². The highest BCUT2D eigenvalue weighted by molar-refractivity contribution is 5.40. The quantitative estimate of drug-likeness (QED) is 0.824. The summed E-state index contributed by atoms with van der Waals surface area (Å²) in [6, 6.07) is 6.18. The molecule has 0 fully saturated rings. The van der Waals surface area contributed by atoms with E-state index in [1.165, 1.54) is 18.4 Å². The predicted octanol–water partition coefficient (Wildman–Crippen LogP) is 2.85. The lowest BCUT2D eigenvalue weighted by Crippen LogP contribution is -2.13. The lowest BCUT2D eigenvalue weighted by Gasteiger charge is -2.22. The molecule has 82 valence electrons. The van der Waals surface area contributed by atoms with Crippen LogP contribution in [0.25, 0.3) is 0 Å². The summed E-state index contributed by atoms with van der Waals surface area (Å²) in [6.45, 7) is 2.82. The molecule has 0 aromatic heterocycles. The number of rotatable bonds is 3. The summed E-state index contributed by atoms with van der Waals surface area (Å²) in [5.74, 6) is 0.856. The van der Waals surface area contributed by atoms with Crippen molar-refractivity contribution in [2.45, 2.75) is 38.7 Å². The molecule has 2 heteroatoms. The van der Waals surface area contributed by atoms with Gasteiger partial charge in [-0.25, -0.2) is 0 Å². The maximum Gasteiger partial charge on any atom is 0.125 e. The minimum absolute atomic E-state index is 0.338. The highest BCUT2D eigenvalue weighted by Gasteiger charge is 2.18. The van der Waals surface area contributed by atoms with Crippen LogP contribution in [0.5, 0.6) is 5.75 Å². The van der Waals surface area contributed by atoms with E-state index in [0.29, 0.717) is 13.0 Å². The standard InChI is InChI=1S/C13H18O2/c1-2-3-4-10-5-6-13-11(9-10)12(14)7-8-15-13/h5-6,9,12,14H,2-4,7-8H2,1H3/t12-/m1/s1. The second-order valence-corrected chi connectivity index (χ2v) is 4.13. The molecule has 1 heterocycles. The lowest BCUT2D eigenvalue weighted by atomic mass is 9.98. The van der Waals surface area contributed by atoms with Gasteiger partial charge in [0.1, 0.15) is 5.75 Å². The molecule has 1 aromatic carbocycles. The largest absolute Gasteiger partial charge is 0.493 e. The smallest absolute Gasteiger partial charge is 0.125 e. The Morgan fingerprint density at radius 3 is 3.13 bits per heavy atom. The lowest BCUT2D eigenvalue weighted by molar-refractivity contribution is 0.115. The monoisotopic (exact) mass is 206 g/mol. The van der Waals surface area contributed by atoms with Gasteiger partial charge < -0.3 is 9.84 Å². The molecule has 0 unspecified atom stereocenters. The minimum Gasteiger partial charge on any atom is -0.493 e. The SMILES string of the molecule is CCCCc1ccc2c(c1)[C@H](O)CCO2. The van der Waals surface area contributed by atoms with Gasteiger partial charge in [-0.05, 0) is 30.5 Å². The third-order valence-electron chi connectivity index (χ3n) is 2.90. The molecule has 0 amide bonds. The van der Waals surface area contributed by atoms with Gasteiger partial charge in [0.15, 0.2) is 0 Å². The van der Waals surface area contributed by atoms with Gasteiger partial charge >= 0.3 is 0 Å². The van der Waals surface area contributed by atoms with E-state index in [1.807, 2.05) is 6.07 Å². The number of hydrogen-bond donors (Lipinski definition) is 1. The number of hydrogen-bond acceptors (Lipinski definition) is 2. The summed E-state index contributed by atoms with van der Waals surface area (Å²) in [5.41, 5.74) is 2.27. The summed E-state index contributed by atoms with van der Waals surface area (Å²) < 4.78 is 5.49. The van der Waals surface area contributed by atoms with Gasteiger partial charge in [0.05, 0.1) is 12.7 Å². The van der Waals surface area contributed by atoms with Crippen molar-refractivity contribution in [1.29, 1.82) is 0 Å². The Morgan fingerprint density at radius 1 is 1.47 bits per heavy atom. The topological polar surface area (TPSA) is 29.5 Å². The van der Waals surface area contributed by atoms with E-state index < -0.39 is 0 Å². The summed E-state index contributed by atoms with van der Waals surface area (Å²) in [6.07, 6.45) is 3.88. The molecule has 0 aliphatic carbocycles. The highest BCUT2D eigenvalue weighted by atomic mass is 16.5. The molecule has 0 bridgehead atoms. The first-order valence-corrected chi connectivity index (χ1v) is 5.75. The maximum absolute atomic E-state index is 9.83. The summed E-state index contributed by atoms with van der Waals surface area (Å²) in [7, 11) is 0. The Hall–Kier alpha value is -1.02. The van der Waals surface area contributed by atoms with Crippen molar-refractivity contribution in [3.63, 3.8) is 0 Å². The maximum atomic E-state index is 9.83. The van der Waals surface area contributed by atoms with E-state index in [9.17, 15) is 5.11 Å². The first kappa shape index (κ1) is 10.5. The van der Waals surface area contributed by atoms with Crippen molar-refractivity contribution in [3.05, 3.63) is 29.3 Å². The van der Waals surface area contributed by atoms with E-state index in [2.05, 4.69) is 19.1 Å². The number of unbranched alkanes of at least 4 members (excludes halogenated alkanes) is 1. The molecule has 2 nitrogen and oxygen atoms in total. The molecule has 1 aromatic rings. The fraction of sp³-hybridized carbons (Fsp3) is 0.538. The number of benzene rings is 1. The second-order valence-electron chi connectivity index (χ2n) is 4.13. The average Bonchev–Trinajstić information content (AvgIpc) is 2.27. The van der Waals surface area contributed by atoms with Gasteiger partial charge in [0.2, 0.25) is 0 Å². The van der Waals surface area contributed by atoms with Crippen molar-refractivity contribution >= 4 is 0 Å². The van der Waals surface area contributed by atoms with Gasteiger partial charge in [-0.1, -0.05) is 19.4 Å². The number of aryl methyl sites for hydroxylation is 1. The third-order valence-corrected chi connectivity index (χ3v) is 2.90. The van der Waals surface area contributed by atoms with Crippen LogP contribution in [-0.2, 0) is 6.42 Å². The van der Waals surface area contributed by atoms with Gasteiger partial charge in [0.25, 0.3) is 0 Å². The molecule has 1 N–H and O–H groups in total. The first-order chi connectivity index (χ1) is 7.31. The van der Waals surface area contributed by atoms with Crippen LogP contribution in [0.3, 0.4) is 0 Å². The van der Waals surface area contributed by atoms with Crippen LogP contribution >= 0.6 is 0 Å². The molecule has 1 atom stereocenters. The zero-order valence-corrected chi connectivity index (χ0v) is 9.20. The Labute approximate surface area is 90.9 Å². The molecule has 0 spiro atoms. The summed E-state index contributed by atoms with van der Waals surface area (Å²) >= 11 is 0. The summed E-state index contributed by atoms with van der Waals surface area (Å²) in [5, 5.41) is 9.83. The van der Waals surface area contributed by atoms with E-state index in [4.69, 9.17) is 4.74 Å². The van der Waals surface area contributed by atoms with Crippen LogP contribution in [0, 0.1) is 0 Å². The molecule has 1 aliphatic heterocycles. The van der Waals surface area contributed by atoms with Crippen molar-refractivity contribution in [2.75, 3.05) is 6.61 Å². The minimum atomic E-state index is -0.338. The second kappa shape index (κ2) is 4.67. The Bertz CT molecular complexity index is 333. The molecule has 15 heavy (non-hydrogen) atoms. The normalized spacial score (nSPS) is 19.5. The van der Waals surface area contributed by atoms with E-state index >= 15 is 0 Å². The number of ether oxygens (including phenoxy) is 1. The molecule has 2 rings (SSSR count). The van der Waals surface area contributed by atoms with Crippen molar-refractivity contribution in [1.82, 2.24) is 0 Å². The van der Waals surface area contributed by atoms with Crippen LogP contribution in [-0.4, -0.2) is 11.7 Å². The zero-order chi connectivity index (χ0) is 10.7. The fourth-order valence-corrected chi connectivity index (χ4v) is 1.96. The van der Waals surface area contributed by atoms with E-state index in [0.717, 1.165) is 17.7 Å². The van der Waals surface area contributed by atoms with Crippen LogP contribution in [0.1, 0.15) is 43.4 Å². The Morgan fingerprint density at radius 2 is 2.33 bits per heavy atom. The summed E-state index contributed by atoms with van der Waals surface area (Å²) in [4.78, 5) is 0. The Balaban J connectivity index is 2.19. The molecular formula is C13H18O2. The van der Waals surface area contributed by atoms with Crippen molar-refractivity contribution in [2.24, 2.45) is 0 Å². The van der Waals surface area contributed by atoms with Crippen LogP contribution in [0.4, 0.5) is 0 Å². The predicted molar refractivity (Wildman–Crippen MR) is 60.1 cm³/mol. The van der Waals surface area contributed by atoms with Gasteiger partial charge in [-0.2, -0.15) is 0 Å². The molecule has 0 radical (unpaired) electrons. The van der Waals surface area contributed by atoms with Gasteiger partial charge in [0, 0.05) is 12.0 Å². The average molecular weight is 206 g/mol. The number of aliphatic hydroxyl groups excluding tert-OH is 1. The van der Waals surface area contributed by atoms with Gasteiger partial charge in [-0.3, -0.25) is 0 Å². The first-order valence-electron chi connectivity index (χ1n) is 5.75. The van der Waals surface area contributed by atoms with Crippen LogP contribution < -0.4 is 4.74 Å². The molecule has 0 saturated carbocycles. The Kier molecular flexibility index (Phi) is 3.27. The molecule has 0 saturated heterocycles.